The fourth-order valence-electron chi connectivity index (χ4n) is 2.36. The molecule has 1 heteroatoms. The van der Waals surface area contributed by atoms with Gasteiger partial charge in [-0.05, 0) is 34.4 Å². The number of nitrogens with zero attached hydrogens (tertiary/aromatic N) is 1. The van der Waals surface area contributed by atoms with Crippen LogP contribution in [0.25, 0.3) is 22.3 Å². The van der Waals surface area contributed by atoms with Gasteiger partial charge in [0.2, 0.25) is 0 Å². The van der Waals surface area contributed by atoms with Gasteiger partial charge in [-0.25, -0.2) is 0 Å². The molecule has 3 rings (SSSR count). The van der Waals surface area contributed by atoms with Crippen molar-refractivity contribution in [1.29, 1.82) is 5.26 Å². The molecule has 0 aromatic heterocycles. The van der Waals surface area contributed by atoms with Crippen molar-refractivity contribution >= 4 is 0 Å². The first-order chi connectivity index (χ1) is 9.88. The Kier molecular flexibility index (Phi) is 3.31. The molecule has 0 aliphatic rings. The van der Waals surface area contributed by atoms with Crippen molar-refractivity contribution in [3.63, 3.8) is 0 Å². The van der Waals surface area contributed by atoms with Gasteiger partial charge in [0.15, 0.2) is 0 Å². The lowest BCUT2D eigenvalue weighted by atomic mass is 9.94. The molecule has 0 saturated heterocycles. The molecule has 0 N–H and O–H groups in total. The molecular weight excluding hydrogens is 242 g/mol. The topological polar surface area (TPSA) is 23.8 Å². The minimum atomic E-state index is 0.686. The molecule has 20 heavy (non-hydrogen) atoms. The van der Waals surface area contributed by atoms with Crippen molar-refractivity contribution in [3.05, 3.63) is 84.4 Å². The summed E-state index contributed by atoms with van der Waals surface area (Å²) in [6, 6.07) is 28.5. The molecule has 0 saturated carbocycles. The minimum absolute atomic E-state index is 0.686. The van der Waals surface area contributed by atoms with Gasteiger partial charge in [0.05, 0.1) is 11.6 Å². The summed E-state index contributed by atoms with van der Waals surface area (Å²) in [4.78, 5) is 0. The molecule has 0 amide bonds. The van der Waals surface area contributed by atoms with Crippen molar-refractivity contribution in [1.82, 2.24) is 0 Å². The average Bonchev–Trinajstić information content (AvgIpc) is 2.56. The smallest absolute Gasteiger partial charge is 0.0991 e. The Balaban J connectivity index is 2.18. The second kappa shape index (κ2) is 5.42. The number of rotatable bonds is 2. The van der Waals surface area contributed by atoms with E-state index in [-0.39, 0.29) is 0 Å². The molecule has 3 aromatic carbocycles. The summed E-state index contributed by atoms with van der Waals surface area (Å²) in [5.74, 6) is 0. The Hall–Kier alpha value is -2.85. The van der Waals surface area contributed by atoms with E-state index in [9.17, 15) is 0 Å². The number of nitriles is 1. The third kappa shape index (κ3) is 2.32. The Bertz CT molecular complexity index is 767. The van der Waals surface area contributed by atoms with Crippen molar-refractivity contribution in [2.24, 2.45) is 0 Å². The van der Waals surface area contributed by atoms with Gasteiger partial charge in [-0.1, -0.05) is 66.7 Å². The maximum Gasteiger partial charge on any atom is 0.0991 e. The third-order valence-corrected chi connectivity index (χ3v) is 3.31. The van der Waals surface area contributed by atoms with Crippen LogP contribution in [0.5, 0.6) is 0 Å². The van der Waals surface area contributed by atoms with Crippen LogP contribution in [0.2, 0.25) is 0 Å². The summed E-state index contributed by atoms with van der Waals surface area (Å²) in [6.07, 6.45) is 0. The zero-order valence-electron chi connectivity index (χ0n) is 11.0. The van der Waals surface area contributed by atoms with Crippen LogP contribution in [-0.2, 0) is 0 Å². The van der Waals surface area contributed by atoms with Crippen LogP contribution in [0.3, 0.4) is 0 Å². The Morgan fingerprint density at radius 1 is 0.600 bits per heavy atom. The molecule has 0 spiro atoms. The first-order valence-electron chi connectivity index (χ1n) is 6.53. The lowest BCUT2D eigenvalue weighted by Gasteiger charge is -2.10. The molecular formula is C19H13N. The summed E-state index contributed by atoms with van der Waals surface area (Å²) in [6.45, 7) is 0. The standard InChI is InChI=1S/C19H13N/c20-14-15-7-6-10-17(13-15)19-12-5-4-11-18(19)16-8-2-1-3-9-16/h1-13H. The van der Waals surface area contributed by atoms with Crippen molar-refractivity contribution in [2.75, 3.05) is 0 Å². The highest BCUT2D eigenvalue weighted by Gasteiger charge is 2.06. The van der Waals surface area contributed by atoms with Crippen LogP contribution < -0.4 is 0 Å². The first kappa shape index (κ1) is 12.2. The molecule has 3 aromatic rings. The normalized spacial score (nSPS) is 9.95. The van der Waals surface area contributed by atoms with Crippen LogP contribution in [0, 0.1) is 11.3 Å². The average molecular weight is 255 g/mol. The molecule has 0 atom stereocenters. The van der Waals surface area contributed by atoms with Gasteiger partial charge in [0.25, 0.3) is 0 Å². The Labute approximate surface area is 118 Å². The van der Waals surface area contributed by atoms with Crippen LogP contribution >= 0.6 is 0 Å². The third-order valence-electron chi connectivity index (χ3n) is 3.31. The van der Waals surface area contributed by atoms with E-state index in [1.807, 2.05) is 54.6 Å². The highest BCUT2D eigenvalue weighted by Crippen LogP contribution is 2.32. The van der Waals surface area contributed by atoms with Gasteiger partial charge in [-0.15, -0.1) is 0 Å². The molecule has 94 valence electrons. The lowest BCUT2D eigenvalue weighted by Crippen LogP contribution is -1.85. The molecule has 0 heterocycles. The summed E-state index contributed by atoms with van der Waals surface area (Å²) < 4.78 is 0. The zero-order valence-corrected chi connectivity index (χ0v) is 11.0. The monoisotopic (exact) mass is 255 g/mol. The lowest BCUT2D eigenvalue weighted by molar-refractivity contribution is 1.48. The molecule has 1 nitrogen and oxygen atoms in total. The molecule has 0 radical (unpaired) electrons. The summed E-state index contributed by atoms with van der Waals surface area (Å²) in [7, 11) is 0. The highest BCUT2D eigenvalue weighted by molar-refractivity contribution is 5.83. The predicted octanol–water partition coefficient (Wildman–Crippen LogP) is 4.89. The van der Waals surface area contributed by atoms with Gasteiger partial charge in [-0.3, -0.25) is 0 Å². The summed E-state index contributed by atoms with van der Waals surface area (Å²) in [5, 5.41) is 9.05. The predicted molar refractivity (Wildman–Crippen MR) is 82.0 cm³/mol. The van der Waals surface area contributed by atoms with Crippen molar-refractivity contribution < 1.29 is 0 Å². The summed E-state index contributed by atoms with van der Waals surface area (Å²) in [5.41, 5.74) is 5.28. The molecule has 0 fully saturated rings. The van der Waals surface area contributed by atoms with E-state index in [4.69, 9.17) is 5.26 Å². The fraction of sp³-hybridized carbons (Fsp3) is 0. The van der Waals surface area contributed by atoms with Gasteiger partial charge in [-0.2, -0.15) is 5.26 Å². The first-order valence-corrected chi connectivity index (χ1v) is 6.53. The zero-order chi connectivity index (χ0) is 13.8. The Morgan fingerprint density at radius 2 is 1.20 bits per heavy atom. The van der Waals surface area contributed by atoms with E-state index in [2.05, 4.69) is 30.3 Å². The van der Waals surface area contributed by atoms with Gasteiger partial charge in [0.1, 0.15) is 0 Å². The van der Waals surface area contributed by atoms with E-state index < -0.39 is 0 Å². The van der Waals surface area contributed by atoms with E-state index in [0.717, 1.165) is 11.1 Å². The van der Waals surface area contributed by atoms with Crippen LogP contribution in [0.1, 0.15) is 5.56 Å². The second-order valence-corrected chi connectivity index (χ2v) is 4.60. The molecule has 0 aliphatic carbocycles. The van der Waals surface area contributed by atoms with Crippen molar-refractivity contribution in [2.45, 2.75) is 0 Å². The molecule has 0 aliphatic heterocycles. The maximum absolute atomic E-state index is 9.05. The van der Waals surface area contributed by atoms with Gasteiger partial charge >= 0.3 is 0 Å². The number of benzene rings is 3. The number of hydrogen-bond donors (Lipinski definition) is 0. The van der Waals surface area contributed by atoms with Crippen molar-refractivity contribution in [3.8, 4) is 28.3 Å². The maximum atomic E-state index is 9.05. The quantitative estimate of drug-likeness (QED) is 0.639. The minimum Gasteiger partial charge on any atom is -0.192 e. The van der Waals surface area contributed by atoms with Crippen LogP contribution in [0.15, 0.2) is 78.9 Å². The van der Waals surface area contributed by atoms with E-state index in [1.165, 1.54) is 11.1 Å². The van der Waals surface area contributed by atoms with E-state index in [0.29, 0.717) is 5.56 Å². The summed E-state index contributed by atoms with van der Waals surface area (Å²) >= 11 is 0. The van der Waals surface area contributed by atoms with Crippen LogP contribution in [-0.4, -0.2) is 0 Å². The fourth-order valence-corrected chi connectivity index (χ4v) is 2.36. The Morgan fingerprint density at radius 3 is 1.90 bits per heavy atom. The van der Waals surface area contributed by atoms with Crippen LogP contribution in [0.4, 0.5) is 0 Å². The molecule has 0 bridgehead atoms. The second-order valence-electron chi connectivity index (χ2n) is 4.60. The highest BCUT2D eigenvalue weighted by atomic mass is 14.2. The SMILES string of the molecule is N#Cc1cccc(-c2ccccc2-c2ccccc2)c1. The van der Waals surface area contributed by atoms with E-state index >= 15 is 0 Å². The number of hydrogen-bond acceptors (Lipinski definition) is 1. The largest absolute Gasteiger partial charge is 0.192 e. The van der Waals surface area contributed by atoms with E-state index in [1.54, 1.807) is 0 Å². The van der Waals surface area contributed by atoms with Gasteiger partial charge in [0, 0.05) is 0 Å². The van der Waals surface area contributed by atoms with Gasteiger partial charge < -0.3 is 0 Å². The molecule has 0 unspecified atom stereocenters.